The predicted molar refractivity (Wildman–Crippen MR) is 95.9 cm³/mol. The molecule has 0 aliphatic heterocycles. The van der Waals surface area contributed by atoms with Gasteiger partial charge in [-0.2, -0.15) is 0 Å². The van der Waals surface area contributed by atoms with Gasteiger partial charge in [0.15, 0.2) is 11.6 Å². The zero-order valence-electron chi connectivity index (χ0n) is 18.1. The monoisotopic (exact) mass is 332 g/mol. The van der Waals surface area contributed by atoms with E-state index < -0.39 is 29.8 Å². The average Bonchev–Trinajstić information content (AvgIpc) is 2.71. The molecular formula is C22H26F2. The molecule has 24 heavy (non-hydrogen) atoms. The fourth-order valence-electron chi connectivity index (χ4n) is 3.57. The maximum Gasteiger partial charge on any atom is 0.159 e. The lowest BCUT2D eigenvalue weighted by molar-refractivity contribution is 0.259. The van der Waals surface area contributed by atoms with Crippen LogP contribution in [-0.2, 0) is 6.42 Å². The molecule has 1 saturated carbocycles. The van der Waals surface area contributed by atoms with Crippen molar-refractivity contribution in [2.75, 3.05) is 0 Å². The van der Waals surface area contributed by atoms with Crippen LogP contribution < -0.4 is 0 Å². The van der Waals surface area contributed by atoms with Gasteiger partial charge in [-0.25, -0.2) is 8.78 Å². The number of halogens is 2. The van der Waals surface area contributed by atoms with Gasteiger partial charge in [0.1, 0.15) is 0 Å². The number of benzene rings is 2. The molecule has 0 N–H and O–H groups in total. The lowest BCUT2D eigenvalue weighted by Gasteiger charge is -2.27. The van der Waals surface area contributed by atoms with E-state index in [1.54, 1.807) is 12.1 Å². The highest BCUT2D eigenvalue weighted by Crippen LogP contribution is 2.33. The van der Waals surface area contributed by atoms with Crippen molar-refractivity contribution in [3.63, 3.8) is 0 Å². The molecule has 1 aliphatic rings. The maximum atomic E-state index is 13.9. The summed E-state index contributed by atoms with van der Waals surface area (Å²) in [5.41, 5.74) is 0.992. The summed E-state index contributed by atoms with van der Waals surface area (Å²) in [6.07, 6.45) is 8.31. The zero-order valence-corrected chi connectivity index (χ0v) is 14.1. The van der Waals surface area contributed by atoms with Crippen LogP contribution in [0.5, 0.6) is 0 Å². The molecule has 0 aromatic heterocycles. The molecule has 3 rings (SSSR count). The third-order valence-electron chi connectivity index (χ3n) is 5.26. The Kier molecular flexibility index (Phi) is 4.17. The van der Waals surface area contributed by atoms with Crippen LogP contribution in [0.4, 0.5) is 8.78 Å². The summed E-state index contributed by atoms with van der Waals surface area (Å²) in [7, 11) is 0. The Balaban J connectivity index is 1.77. The van der Waals surface area contributed by atoms with Crippen molar-refractivity contribution in [1.29, 1.82) is 0 Å². The number of hydrogen-bond acceptors (Lipinski definition) is 0. The highest BCUT2D eigenvalue weighted by atomic mass is 19.2. The Bertz CT molecular complexity index is 829. The highest BCUT2D eigenvalue weighted by molar-refractivity contribution is 5.63. The molecule has 0 heterocycles. The van der Waals surface area contributed by atoms with Crippen molar-refractivity contribution in [2.24, 2.45) is 11.8 Å². The number of aryl methyl sites for hydroxylation is 1. The molecule has 0 radical (unpaired) electrons. The van der Waals surface area contributed by atoms with Crippen molar-refractivity contribution < 1.29 is 14.3 Å². The minimum Gasteiger partial charge on any atom is -0.204 e. The van der Waals surface area contributed by atoms with Crippen LogP contribution in [0.25, 0.3) is 11.1 Å². The number of rotatable bonds is 5. The smallest absolute Gasteiger partial charge is 0.159 e. The van der Waals surface area contributed by atoms with E-state index in [2.05, 4.69) is 6.92 Å². The van der Waals surface area contributed by atoms with E-state index in [0.29, 0.717) is 5.92 Å². The fraction of sp³-hybridized carbons (Fsp3) is 0.455. The second kappa shape index (κ2) is 7.92. The SMILES string of the molecule is [2H]c1cc(CCC2CCC(CC)CC2)ccc1-c1c([2H])c([2H])c(F)c(F)c1[2H]. The first-order valence-corrected chi connectivity index (χ1v) is 8.88. The first kappa shape index (κ1) is 12.6. The molecule has 1 fully saturated rings. The van der Waals surface area contributed by atoms with Crippen LogP contribution in [0.1, 0.15) is 56.5 Å². The van der Waals surface area contributed by atoms with Gasteiger partial charge in [0, 0.05) is 0 Å². The van der Waals surface area contributed by atoms with Crippen LogP contribution in [-0.4, -0.2) is 0 Å². The van der Waals surface area contributed by atoms with Gasteiger partial charge in [-0.15, -0.1) is 0 Å². The minimum atomic E-state index is -1.49. The zero-order chi connectivity index (χ0) is 20.4. The summed E-state index contributed by atoms with van der Waals surface area (Å²) in [6, 6.07) is 2.96. The van der Waals surface area contributed by atoms with Crippen molar-refractivity contribution in [1.82, 2.24) is 0 Å². The van der Waals surface area contributed by atoms with E-state index in [1.165, 1.54) is 32.1 Å². The lowest BCUT2D eigenvalue weighted by atomic mass is 9.78. The third-order valence-corrected chi connectivity index (χ3v) is 5.26. The predicted octanol–water partition coefficient (Wildman–Crippen LogP) is 6.78. The van der Waals surface area contributed by atoms with Gasteiger partial charge in [0.2, 0.25) is 0 Å². The van der Waals surface area contributed by atoms with E-state index in [4.69, 9.17) is 5.48 Å². The summed E-state index contributed by atoms with van der Waals surface area (Å²) >= 11 is 0. The van der Waals surface area contributed by atoms with Crippen LogP contribution in [0.15, 0.2) is 42.4 Å². The molecule has 2 aromatic carbocycles. The Hall–Kier alpha value is -1.70. The third kappa shape index (κ3) is 4.23. The van der Waals surface area contributed by atoms with Crippen LogP contribution in [0.2, 0.25) is 0 Å². The Morgan fingerprint density at radius 1 is 0.917 bits per heavy atom. The number of hydrogen-bond donors (Lipinski definition) is 0. The molecule has 2 heteroatoms. The summed E-state index contributed by atoms with van der Waals surface area (Å²) in [6.45, 7) is 2.25. The Labute approximate surface area is 149 Å². The Morgan fingerprint density at radius 3 is 2.38 bits per heavy atom. The van der Waals surface area contributed by atoms with Gasteiger partial charge < -0.3 is 0 Å². The normalized spacial score (nSPS) is 23.3. The molecule has 0 spiro atoms. The van der Waals surface area contributed by atoms with Crippen LogP contribution in [0.3, 0.4) is 0 Å². The molecular weight excluding hydrogens is 302 g/mol. The highest BCUT2D eigenvalue weighted by Gasteiger charge is 2.19. The first-order chi connectivity index (χ1) is 13.3. The summed E-state index contributed by atoms with van der Waals surface area (Å²) in [5.74, 6) is -1.35. The van der Waals surface area contributed by atoms with Gasteiger partial charge in [0.05, 0.1) is 5.48 Å². The van der Waals surface area contributed by atoms with Gasteiger partial charge in [-0.05, 0) is 53.5 Å². The van der Waals surface area contributed by atoms with Crippen molar-refractivity contribution in [3.05, 3.63) is 59.6 Å². The van der Waals surface area contributed by atoms with Gasteiger partial charge >= 0.3 is 0 Å². The van der Waals surface area contributed by atoms with Crippen molar-refractivity contribution in [3.8, 4) is 11.1 Å². The van der Waals surface area contributed by atoms with Gasteiger partial charge in [-0.1, -0.05) is 69.3 Å². The molecule has 0 atom stereocenters. The minimum absolute atomic E-state index is 0.0691. The van der Waals surface area contributed by atoms with E-state index in [0.717, 1.165) is 24.3 Å². The molecule has 1 aliphatic carbocycles. The average molecular weight is 332 g/mol. The second-order valence-electron chi connectivity index (χ2n) is 6.82. The molecule has 2 aromatic rings. The van der Waals surface area contributed by atoms with E-state index >= 15 is 0 Å². The molecule has 0 bridgehead atoms. The van der Waals surface area contributed by atoms with E-state index in [9.17, 15) is 8.78 Å². The fourth-order valence-corrected chi connectivity index (χ4v) is 3.57. The van der Waals surface area contributed by atoms with Crippen molar-refractivity contribution >= 4 is 0 Å². The quantitative estimate of drug-likeness (QED) is 0.566. The molecule has 128 valence electrons. The van der Waals surface area contributed by atoms with Crippen LogP contribution >= 0.6 is 0 Å². The molecule has 0 saturated heterocycles. The first-order valence-electron chi connectivity index (χ1n) is 10.9. The largest absolute Gasteiger partial charge is 0.204 e. The maximum absolute atomic E-state index is 13.9. The lowest BCUT2D eigenvalue weighted by Crippen LogP contribution is -2.14. The summed E-state index contributed by atoms with van der Waals surface area (Å²) in [5, 5.41) is 0. The Morgan fingerprint density at radius 2 is 1.67 bits per heavy atom. The second-order valence-corrected chi connectivity index (χ2v) is 6.82. The van der Waals surface area contributed by atoms with E-state index in [1.807, 2.05) is 6.07 Å². The summed E-state index contributed by atoms with van der Waals surface area (Å²) < 4.78 is 59.0. The molecule has 0 nitrogen and oxygen atoms in total. The summed E-state index contributed by atoms with van der Waals surface area (Å²) in [4.78, 5) is 0. The van der Waals surface area contributed by atoms with E-state index in [-0.39, 0.29) is 17.2 Å². The van der Waals surface area contributed by atoms with Crippen molar-refractivity contribution in [2.45, 2.75) is 51.9 Å². The van der Waals surface area contributed by atoms with Gasteiger partial charge in [0.25, 0.3) is 0 Å². The molecule has 0 amide bonds. The molecule has 0 unspecified atom stereocenters. The van der Waals surface area contributed by atoms with Crippen LogP contribution in [0, 0.1) is 23.5 Å². The topological polar surface area (TPSA) is 0 Å². The van der Waals surface area contributed by atoms with Gasteiger partial charge in [-0.3, -0.25) is 0 Å². The standard InChI is InChI=1S/C22H26F2/c1-2-16-3-5-17(6-4-16)7-8-18-9-11-19(12-10-18)20-13-14-21(23)22(24)15-20/h9-17H,2-8H2,1H3/i11D,13D,14D,15D.